The number of nitrogens with zero attached hydrogens (tertiary/aromatic N) is 1. The molecule has 0 bridgehead atoms. The molecule has 1 aromatic carbocycles. The normalized spacial score (nSPS) is 12.7. The van der Waals surface area contributed by atoms with Gasteiger partial charge in [0, 0.05) is 28.5 Å². The van der Waals surface area contributed by atoms with Gasteiger partial charge in [0.25, 0.3) is 5.91 Å². The van der Waals surface area contributed by atoms with Crippen molar-refractivity contribution in [2.75, 3.05) is 17.2 Å². The predicted molar refractivity (Wildman–Crippen MR) is 78.5 cm³/mol. The van der Waals surface area contributed by atoms with Crippen molar-refractivity contribution in [3.05, 3.63) is 52.1 Å². The standard InChI is InChI=1S/C14H12BrN3O/c15-11-2-4-13(17-8-11)18-14(19)10-1-3-12-9(7-10)5-6-16-12/h1-4,7-8,16H,5-6H2,(H,17,18,19). The van der Waals surface area contributed by atoms with Gasteiger partial charge in [-0.3, -0.25) is 4.79 Å². The number of amides is 1. The minimum absolute atomic E-state index is 0.135. The van der Waals surface area contributed by atoms with Crippen LogP contribution in [-0.4, -0.2) is 17.4 Å². The van der Waals surface area contributed by atoms with Crippen molar-refractivity contribution in [1.82, 2.24) is 4.98 Å². The summed E-state index contributed by atoms with van der Waals surface area (Å²) in [6.45, 7) is 0.939. The van der Waals surface area contributed by atoms with E-state index < -0.39 is 0 Å². The van der Waals surface area contributed by atoms with Crippen LogP contribution in [0.5, 0.6) is 0 Å². The molecular formula is C14H12BrN3O. The monoisotopic (exact) mass is 317 g/mol. The Kier molecular flexibility index (Phi) is 3.21. The van der Waals surface area contributed by atoms with Crippen molar-refractivity contribution in [3.63, 3.8) is 0 Å². The quantitative estimate of drug-likeness (QED) is 0.895. The lowest BCUT2D eigenvalue weighted by atomic mass is 10.1. The van der Waals surface area contributed by atoms with Gasteiger partial charge in [-0.1, -0.05) is 0 Å². The number of fused-ring (bicyclic) bond motifs is 1. The number of hydrogen-bond donors (Lipinski definition) is 2. The van der Waals surface area contributed by atoms with Crippen LogP contribution < -0.4 is 10.6 Å². The molecule has 1 aliphatic heterocycles. The van der Waals surface area contributed by atoms with Crippen molar-refractivity contribution in [2.24, 2.45) is 0 Å². The Morgan fingerprint density at radius 3 is 3.00 bits per heavy atom. The molecular weight excluding hydrogens is 306 g/mol. The molecule has 1 amide bonds. The minimum Gasteiger partial charge on any atom is -0.384 e. The summed E-state index contributed by atoms with van der Waals surface area (Å²) in [7, 11) is 0. The van der Waals surface area contributed by atoms with E-state index in [1.54, 1.807) is 12.3 Å². The van der Waals surface area contributed by atoms with E-state index in [4.69, 9.17) is 0 Å². The number of aromatic nitrogens is 1. The van der Waals surface area contributed by atoms with Gasteiger partial charge in [0.1, 0.15) is 5.82 Å². The van der Waals surface area contributed by atoms with E-state index in [2.05, 4.69) is 31.5 Å². The van der Waals surface area contributed by atoms with Gasteiger partial charge in [0.15, 0.2) is 0 Å². The van der Waals surface area contributed by atoms with Crippen LogP contribution >= 0.6 is 15.9 Å². The third-order valence-corrected chi connectivity index (χ3v) is 3.52. The third kappa shape index (κ3) is 2.61. The molecule has 0 unspecified atom stereocenters. The molecule has 19 heavy (non-hydrogen) atoms. The number of rotatable bonds is 2. The van der Waals surface area contributed by atoms with E-state index in [0.717, 1.165) is 23.1 Å². The summed E-state index contributed by atoms with van der Waals surface area (Å²) in [5, 5.41) is 6.06. The largest absolute Gasteiger partial charge is 0.384 e. The highest BCUT2D eigenvalue weighted by Gasteiger charge is 2.13. The second kappa shape index (κ2) is 5.01. The number of nitrogens with one attached hydrogen (secondary N) is 2. The Hall–Kier alpha value is -1.88. The molecule has 2 N–H and O–H groups in total. The molecule has 5 heteroatoms. The number of carbonyl (C=O) groups excluding carboxylic acids is 1. The molecule has 0 fully saturated rings. The fourth-order valence-electron chi connectivity index (χ4n) is 2.08. The van der Waals surface area contributed by atoms with Gasteiger partial charge >= 0.3 is 0 Å². The Labute approximate surface area is 119 Å². The molecule has 0 aliphatic carbocycles. The molecule has 1 aliphatic rings. The van der Waals surface area contributed by atoms with Crippen LogP contribution in [0.15, 0.2) is 41.0 Å². The molecule has 0 saturated heterocycles. The van der Waals surface area contributed by atoms with Gasteiger partial charge in [-0.25, -0.2) is 4.98 Å². The Morgan fingerprint density at radius 2 is 2.21 bits per heavy atom. The van der Waals surface area contributed by atoms with Gasteiger partial charge in [-0.2, -0.15) is 0 Å². The van der Waals surface area contributed by atoms with Crippen LogP contribution in [0, 0.1) is 0 Å². The zero-order valence-corrected chi connectivity index (χ0v) is 11.7. The van der Waals surface area contributed by atoms with Crippen molar-refractivity contribution < 1.29 is 4.79 Å². The molecule has 0 saturated carbocycles. The molecule has 2 aromatic rings. The second-order valence-electron chi connectivity index (χ2n) is 4.36. The predicted octanol–water partition coefficient (Wildman–Crippen LogP) is 3.06. The molecule has 96 valence electrons. The van der Waals surface area contributed by atoms with Gasteiger partial charge in [0.2, 0.25) is 0 Å². The molecule has 0 spiro atoms. The number of hydrogen-bond acceptors (Lipinski definition) is 3. The van der Waals surface area contributed by atoms with E-state index in [0.29, 0.717) is 11.4 Å². The van der Waals surface area contributed by atoms with Crippen molar-refractivity contribution >= 4 is 33.3 Å². The lowest BCUT2D eigenvalue weighted by molar-refractivity contribution is 0.102. The average molecular weight is 318 g/mol. The molecule has 3 rings (SSSR count). The van der Waals surface area contributed by atoms with Crippen LogP contribution in [0.1, 0.15) is 15.9 Å². The lowest BCUT2D eigenvalue weighted by Crippen LogP contribution is -2.13. The third-order valence-electron chi connectivity index (χ3n) is 3.05. The Balaban J connectivity index is 1.78. The number of anilines is 2. The van der Waals surface area contributed by atoms with E-state index in [1.807, 2.05) is 24.3 Å². The van der Waals surface area contributed by atoms with E-state index in [9.17, 15) is 4.79 Å². The number of pyridine rings is 1. The summed E-state index contributed by atoms with van der Waals surface area (Å²) in [4.78, 5) is 16.2. The maximum atomic E-state index is 12.1. The van der Waals surface area contributed by atoms with Gasteiger partial charge in [-0.05, 0) is 58.2 Å². The highest BCUT2D eigenvalue weighted by molar-refractivity contribution is 9.10. The highest BCUT2D eigenvalue weighted by atomic mass is 79.9. The first kappa shape index (κ1) is 12.2. The summed E-state index contributed by atoms with van der Waals surface area (Å²) in [6, 6.07) is 9.31. The summed E-state index contributed by atoms with van der Waals surface area (Å²) in [6.07, 6.45) is 2.62. The first-order chi connectivity index (χ1) is 9.22. The van der Waals surface area contributed by atoms with E-state index in [1.165, 1.54) is 5.56 Å². The zero-order chi connectivity index (χ0) is 13.2. The molecule has 1 aromatic heterocycles. The smallest absolute Gasteiger partial charge is 0.256 e. The first-order valence-electron chi connectivity index (χ1n) is 6.02. The zero-order valence-electron chi connectivity index (χ0n) is 10.1. The maximum Gasteiger partial charge on any atom is 0.256 e. The topological polar surface area (TPSA) is 54.0 Å². The van der Waals surface area contributed by atoms with E-state index in [-0.39, 0.29) is 5.91 Å². The van der Waals surface area contributed by atoms with Gasteiger partial charge in [0.05, 0.1) is 0 Å². The Morgan fingerprint density at radius 1 is 1.32 bits per heavy atom. The fourth-order valence-corrected chi connectivity index (χ4v) is 2.32. The molecule has 0 radical (unpaired) electrons. The summed E-state index contributed by atoms with van der Waals surface area (Å²) in [5.74, 6) is 0.413. The van der Waals surface area contributed by atoms with Crippen LogP contribution in [0.3, 0.4) is 0 Å². The number of halogens is 1. The SMILES string of the molecule is O=C(Nc1ccc(Br)cn1)c1ccc2c(c1)CCN2. The Bertz CT molecular complexity index is 625. The molecule has 2 heterocycles. The minimum atomic E-state index is -0.135. The van der Waals surface area contributed by atoms with Crippen LogP contribution in [0.2, 0.25) is 0 Å². The summed E-state index contributed by atoms with van der Waals surface area (Å²) >= 11 is 3.31. The molecule has 0 atom stereocenters. The van der Waals surface area contributed by atoms with Crippen molar-refractivity contribution in [3.8, 4) is 0 Å². The van der Waals surface area contributed by atoms with Crippen LogP contribution in [-0.2, 0) is 6.42 Å². The van der Waals surface area contributed by atoms with Gasteiger partial charge in [-0.15, -0.1) is 0 Å². The van der Waals surface area contributed by atoms with E-state index >= 15 is 0 Å². The highest BCUT2D eigenvalue weighted by Crippen LogP contribution is 2.23. The van der Waals surface area contributed by atoms with Gasteiger partial charge < -0.3 is 10.6 Å². The summed E-state index contributed by atoms with van der Waals surface area (Å²) < 4.78 is 0.883. The summed E-state index contributed by atoms with van der Waals surface area (Å²) in [5.41, 5.74) is 2.97. The van der Waals surface area contributed by atoms with Crippen molar-refractivity contribution in [1.29, 1.82) is 0 Å². The van der Waals surface area contributed by atoms with Crippen molar-refractivity contribution in [2.45, 2.75) is 6.42 Å². The fraction of sp³-hybridized carbons (Fsp3) is 0.143. The first-order valence-corrected chi connectivity index (χ1v) is 6.81. The van der Waals surface area contributed by atoms with Crippen LogP contribution in [0.25, 0.3) is 0 Å². The lowest BCUT2D eigenvalue weighted by Gasteiger charge is -2.06. The molecule has 4 nitrogen and oxygen atoms in total. The maximum absolute atomic E-state index is 12.1. The number of benzene rings is 1. The number of carbonyl (C=O) groups is 1. The second-order valence-corrected chi connectivity index (χ2v) is 5.28. The average Bonchev–Trinajstić information content (AvgIpc) is 2.88. The van der Waals surface area contributed by atoms with Crippen LogP contribution in [0.4, 0.5) is 11.5 Å².